The summed E-state index contributed by atoms with van der Waals surface area (Å²) in [4.78, 5) is 18.0. The number of sulfone groups is 1. The summed E-state index contributed by atoms with van der Waals surface area (Å²) < 4.78 is 24.1. The number of carbonyl (C=O) groups excluding carboxylic acids is 1. The van der Waals surface area contributed by atoms with Crippen LogP contribution in [-0.4, -0.2) is 42.3 Å². The third kappa shape index (κ3) is 3.04. The van der Waals surface area contributed by atoms with Crippen molar-refractivity contribution in [1.82, 2.24) is 0 Å². The second-order valence-corrected chi connectivity index (χ2v) is 9.41. The van der Waals surface area contributed by atoms with Gasteiger partial charge in [-0.2, -0.15) is 4.99 Å². The van der Waals surface area contributed by atoms with Crippen molar-refractivity contribution in [2.75, 3.05) is 16.4 Å². The zero-order chi connectivity index (χ0) is 16.8. The fourth-order valence-electron chi connectivity index (χ4n) is 3.20. The molecule has 2 fully saturated rings. The second kappa shape index (κ2) is 5.94. The van der Waals surface area contributed by atoms with Gasteiger partial charge >= 0.3 is 0 Å². The highest BCUT2D eigenvalue weighted by Gasteiger charge is 2.49. The lowest BCUT2D eigenvalue weighted by Crippen LogP contribution is -2.38. The van der Waals surface area contributed by atoms with Gasteiger partial charge in [-0.1, -0.05) is 36.9 Å². The molecule has 0 bridgehead atoms. The van der Waals surface area contributed by atoms with Crippen molar-refractivity contribution in [2.45, 2.75) is 38.5 Å². The van der Waals surface area contributed by atoms with Gasteiger partial charge in [0, 0.05) is 17.4 Å². The number of nitrogens with zero attached hydrogens (tertiary/aromatic N) is 2. The van der Waals surface area contributed by atoms with Gasteiger partial charge in [-0.15, -0.1) is 0 Å². The van der Waals surface area contributed by atoms with Gasteiger partial charge in [-0.3, -0.25) is 4.79 Å². The molecule has 2 aliphatic rings. The summed E-state index contributed by atoms with van der Waals surface area (Å²) >= 11 is 1.42. The molecule has 0 N–H and O–H groups in total. The Morgan fingerprint density at radius 2 is 1.96 bits per heavy atom. The van der Waals surface area contributed by atoms with Crippen LogP contribution in [0.2, 0.25) is 0 Å². The Kier molecular flexibility index (Phi) is 4.27. The maximum Gasteiger partial charge on any atom is 0.247 e. The minimum atomic E-state index is -3.03. The Bertz CT molecular complexity index is 766. The number of aliphatic imine (C=N–C) groups is 1. The van der Waals surface area contributed by atoms with E-state index >= 15 is 0 Å². The number of carbonyl (C=O) groups is 1. The number of hydrogen-bond acceptors (Lipinski definition) is 4. The number of hydrogen-bond donors (Lipinski definition) is 0. The summed E-state index contributed by atoms with van der Waals surface area (Å²) in [5.74, 6) is 0.104. The Morgan fingerprint density at radius 1 is 1.30 bits per heavy atom. The van der Waals surface area contributed by atoms with Crippen LogP contribution in [0.25, 0.3) is 0 Å². The number of aryl methyl sites for hydroxylation is 2. The molecule has 2 heterocycles. The Morgan fingerprint density at radius 3 is 2.57 bits per heavy atom. The molecule has 0 aliphatic carbocycles. The number of rotatable bonds is 2. The number of fused-ring (bicyclic) bond motifs is 1. The van der Waals surface area contributed by atoms with Gasteiger partial charge in [-0.25, -0.2) is 8.42 Å². The predicted octanol–water partition coefficient (Wildman–Crippen LogP) is 2.31. The van der Waals surface area contributed by atoms with Crippen molar-refractivity contribution >= 4 is 38.4 Å². The van der Waals surface area contributed by atoms with Crippen LogP contribution in [0.15, 0.2) is 23.2 Å². The number of thioether (sulfide) groups is 1. The molecule has 1 amide bonds. The van der Waals surface area contributed by atoms with Crippen LogP contribution in [0.4, 0.5) is 5.69 Å². The molecule has 0 saturated carbocycles. The summed E-state index contributed by atoms with van der Waals surface area (Å²) in [6.45, 7) is 5.78. The number of anilines is 1. The van der Waals surface area contributed by atoms with E-state index in [2.05, 4.69) is 4.99 Å². The average molecular weight is 352 g/mol. The molecule has 124 valence electrons. The average Bonchev–Trinajstić information content (AvgIpc) is 2.91. The molecular formula is C16H20N2O3S2. The van der Waals surface area contributed by atoms with Crippen molar-refractivity contribution < 1.29 is 13.2 Å². The molecular weight excluding hydrogens is 332 g/mol. The summed E-state index contributed by atoms with van der Waals surface area (Å²) in [5, 5.41) is 0.585. The van der Waals surface area contributed by atoms with Crippen molar-refractivity contribution in [3.63, 3.8) is 0 Å². The molecule has 2 atom stereocenters. The number of para-hydroxylation sites is 1. The van der Waals surface area contributed by atoms with Crippen LogP contribution in [0.1, 0.15) is 24.5 Å². The summed E-state index contributed by atoms with van der Waals surface area (Å²) in [5.41, 5.74) is 3.10. The van der Waals surface area contributed by atoms with E-state index in [0.717, 1.165) is 16.8 Å². The fraction of sp³-hybridized carbons (Fsp3) is 0.500. The minimum Gasteiger partial charge on any atom is -0.315 e. The first-order chi connectivity index (χ1) is 10.8. The molecule has 2 aliphatic heterocycles. The molecule has 1 aromatic carbocycles. The largest absolute Gasteiger partial charge is 0.315 e. The minimum absolute atomic E-state index is 0.0533. The molecule has 3 rings (SSSR count). The third-order valence-electron chi connectivity index (χ3n) is 4.27. The molecule has 7 heteroatoms. The van der Waals surface area contributed by atoms with E-state index in [1.54, 1.807) is 6.92 Å². The van der Waals surface area contributed by atoms with E-state index in [-0.39, 0.29) is 28.7 Å². The molecule has 0 radical (unpaired) electrons. The smallest absolute Gasteiger partial charge is 0.247 e. The molecule has 0 unspecified atom stereocenters. The monoisotopic (exact) mass is 352 g/mol. The van der Waals surface area contributed by atoms with Crippen LogP contribution in [0.3, 0.4) is 0 Å². The lowest BCUT2D eigenvalue weighted by atomic mass is 10.1. The first-order valence-electron chi connectivity index (χ1n) is 7.66. The van der Waals surface area contributed by atoms with Crippen molar-refractivity contribution in [2.24, 2.45) is 4.99 Å². The topological polar surface area (TPSA) is 66.8 Å². The van der Waals surface area contributed by atoms with Crippen LogP contribution < -0.4 is 4.90 Å². The lowest BCUT2D eigenvalue weighted by molar-refractivity contribution is -0.117. The van der Waals surface area contributed by atoms with E-state index < -0.39 is 9.84 Å². The van der Waals surface area contributed by atoms with Gasteiger partial charge in [0.2, 0.25) is 5.91 Å². The van der Waals surface area contributed by atoms with E-state index in [9.17, 15) is 13.2 Å². The first kappa shape index (κ1) is 16.5. The van der Waals surface area contributed by atoms with Crippen molar-refractivity contribution in [3.8, 4) is 0 Å². The van der Waals surface area contributed by atoms with Gasteiger partial charge in [-0.05, 0) is 25.0 Å². The van der Waals surface area contributed by atoms with E-state index in [4.69, 9.17) is 0 Å². The predicted molar refractivity (Wildman–Crippen MR) is 94.9 cm³/mol. The lowest BCUT2D eigenvalue weighted by Gasteiger charge is -2.27. The van der Waals surface area contributed by atoms with Crippen LogP contribution in [0.5, 0.6) is 0 Å². The van der Waals surface area contributed by atoms with Crippen LogP contribution in [-0.2, 0) is 14.6 Å². The second-order valence-electron chi connectivity index (χ2n) is 6.05. The first-order valence-corrected chi connectivity index (χ1v) is 10.4. The van der Waals surface area contributed by atoms with Gasteiger partial charge in [0.05, 0.1) is 17.5 Å². The highest BCUT2D eigenvalue weighted by molar-refractivity contribution is 8.16. The summed E-state index contributed by atoms with van der Waals surface area (Å²) in [6, 6.07) is 5.84. The zero-order valence-corrected chi connectivity index (χ0v) is 15.1. The van der Waals surface area contributed by atoms with Gasteiger partial charge in [0.15, 0.2) is 15.0 Å². The van der Waals surface area contributed by atoms with Gasteiger partial charge in [0.25, 0.3) is 0 Å². The number of amidine groups is 1. The standard InChI is InChI=1S/C16H20N2O3S2/c1-4-14(19)17-16-18(15-10(2)6-5-7-11(15)3)12-8-23(20,21)9-13(12)22-16/h5-7,12-13H,4,8-9H2,1-3H3/t12-,13+/m0/s1. The summed E-state index contributed by atoms with van der Waals surface area (Å²) in [7, 11) is -3.03. The molecule has 0 spiro atoms. The SMILES string of the molecule is CCC(=O)N=C1S[C@@H]2CS(=O)(=O)C[C@@H]2N1c1c(C)cccc1C. The molecule has 23 heavy (non-hydrogen) atoms. The Hall–Kier alpha value is -1.34. The van der Waals surface area contributed by atoms with Gasteiger partial charge in [0.1, 0.15) is 0 Å². The maximum atomic E-state index is 12.0. The quantitative estimate of drug-likeness (QED) is 0.817. The van der Waals surface area contributed by atoms with Crippen LogP contribution >= 0.6 is 11.8 Å². The molecule has 5 nitrogen and oxygen atoms in total. The maximum absolute atomic E-state index is 12.0. The van der Waals surface area contributed by atoms with E-state index in [1.807, 2.05) is 36.9 Å². The number of amides is 1. The van der Waals surface area contributed by atoms with Crippen LogP contribution in [0, 0.1) is 13.8 Å². The Labute approximate surface area is 141 Å². The molecule has 0 aromatic heterocycles. The van der Waals surface area contributed by atoms with E-state index in [0.29, 0.717) is 11.6 Å². The Balaban J connectivity index is 2.11. The summed E-state index contributed by atoms with van der Waals surface area (Å²) in [6.07, 6.45) is 0.346. The zero-order valence-electron chi connectivity index (χ0n) is 13.4. The molecule has 1 aromatic rings. The van der Waals surface area contributed by atoms with E-state index in [1.165, 1.54) is 11.8 Å². The normalized spacial score (nSPS) is 27.4. The van der Waals surface area contributed by atoms with Gasteiger partial charge < -0.3 is 4.90 Å². The van der Waals surface area contributed by atoms with Crippen molar-refractivity contribution in [1.29, 1.82) is 0 Å². The number of benzene rings is 1. The van der Waals surface area contributed by atoms with Crippen molar-refractivity contribution in [3.05, 3.63) is 29.3 Å². The fourth-order valence-corrected chi connectivity index (χ4v) is 7.11. The highest BCUT2D eigenvalue weighted by Crippen LogP contribution is 2.43. The molecule has 2 saturated heterocycles. The third-order valence-corrected chi connectivity index (χ3v) is 7.48. The highest BCUT2D eigenvalue weighted by atomic mass is 32.2.